The molecule has 2 rings (SSSR count). The number of carbonyl (C=O) groups is 1. The number of aromatic nitrogens is 2. The lowest BCUT2D eigenvalue weighted by molar-refractivity contribution is 0.0913. The summed E-state index contributed by atoms with van der Waals surface area (Å²) in [6.07, 6.45) is 4.18. The zero-order chi connectivity index (χ0) is 13.2. The first-order valence-electron chi connectivity index (χ1n) is 6.54. The van der Waals surface area contributed by atoms with Gasteiger partial charge in [0.15, 0.2) is 0 Å². The van der Waals surface area contributed by atoms with Crippen molar-refractivity contribution >= 4 is 5.91 Å². The van der Waals surface area contributed by atoms with Crippen molar-refractivity contribution < 1.29 is 4.79 Å². The van der Waals surface area contributed by atoms with Crippen LogP contribution in [0.1, 0.15) is 50.1 Å². The van der Waals surface area contributed by atoms with E-state index < -0.39 is 0 Å². The van der Waals surface area contributed by atoms with E-state index in [1.54, 1.807) is 6.07 Å². The second kappa shape index (κ2) is 5.10. The molecule has 1 aliphatic heterocycles. The van der Waals surface area contributed by atoms with Gasteiger partial charge in [-0.2, -0.15) is 5.10 Å². The molecule has 1 saturated heterocycles. The molecule has 100 valence electrons. The quantitative estimate of drug-likeness (QED) is 0.832. The Balaban J connectivity index is 2.03. The first kappa shape index (κ1) is 13.1. The van der Waals surface area contributed by atoms with E-state index in [9.17, 15) is 4.79 Å². The first-order valence-corrected chi connectivity index (χ1v) is 6.54. The number of nitrogens with zero attached hydrogens (tertiary/aromatic N) is 2. The van der Waals surface area contributed by atoms with Crippen molar-refractivity contribution in [2.24, 2.45) is 0 Å². The van der Waals surface area contributed by atoms with Crippen molar-refractivity contribution in [3.05, 3.63) is 18.0 Å². The highest BCUT2D eigenvalue weighted by molar-refractivity contribution is 5.92. The maximum absolute atomic E-state index is 12.0. The van der Waals surface area contributed by atoms with Crippen LogP contribution >= 0.6 is 0 Å². The Kier molecular flexibility index (Phi) is 3.71. The molecule has 1 fully saturated rings. The van der Waals surface area contributed by atoms with Crippen molar-refractivity contribution in [1.82, 2.24) is 20.4 Å². The lowest BCUT2D eigenvalue weighted by Gasteiger charge is -2.23. The van der Waals surface area contributed by atoms with E-state index >= 15 is 0 Å². The number of hydrogen-bond donors (Lipinski definition) is 2. The molecule has 1 amide bonds. The average molecular weight is 250 g/mol. The molecule has 0 aromatic carbocycles. The van der Waals surface area contributed by atoms with E-state index in [4.69, 9.17) is 0 Å². The monoisotopic (exact) mass is 250 g/mol. The minimum atomic E-state index is -0.229. The predicted molar refractivity (Wildman–Crippen MR) is 70.6 cm³/mol. The molecule has 1 aromatic heterocycles. The SMILES string of the molecule is CC(C)(C)NC(=O)c1ccn(C2CCCNC2)n1. The van der Waals surface area contributed by atoms with Crippen LogP contribution in [-0.2, 0) is 0 Å². The largest absolute Gasteiger partial charge is 0.346 e. The van der Waals surface area contributed by atoms with E-state index in [1.807, 2.05) is 31.6 Å². The summed E-state index contributed by atoms with van der Waals surface area (Å²) in [7, 11) is 0. The van der Waals surface area contributed by atoms with Gasteiger partial charge in [0, 0.05) is 18.3 Å². The third-order valence-electron chi connectivity index (χ3n) is 2.97. The van der Waals surface area contributed by atoms with Crippen LogP contribution in [-0.4, -0.2) is 34.3 Å². The molecule has 18 heavy (non-hydrogen) atoms. The third-order valence-corrected chi connectivity index (χ3v) is 2.97. The van der Waals surface area contributed by atoms with E-state index in [0.717, 1.165) is 25.9 Å². The second-order valence-electron chi connectivity index (χ2n) is 5.89. The minimum Gasteiger partial charge on any atom is -0.346 e. The molecule has 0 radical (unpaired) electrons. The molecule has 1 unspecified atom stereocenters. The smallest absolute Gasteiger partial charge is 0.272 e. The lowest BCUT2D eigenvalue weighted by Crippen LogP contribution is -2.40. The normalized spacial score (nSPS) is 20.7. The predicted octanol–water partition coefficient (Wildman–Crippen LogP) is 1.34. The van der Waals surface area contributed by atoms with Gasteiger partial charge in [-0.05, 0) is 46.2 Å². The number of carbonyl (C=O) groups excluding carboxylic acids is 1. The topological polar surface area (TPSA) is 59.0 Å². The maximum atomic E-state index is 12.0. The van der Waals surface area contributed by atoms with Gasteiger partial charge < -0.3 is 10.6 Å². The van der Waals surface area contributed by atoms with E-state index in [2.05, 4.69) is 15.7 Å². The Labute approximate surface area is 108 Å². The highest BCUT2D eigenvalue weighted by atomic mass is 16.2. The molecule has 0 aliphatic carbocycles. The standard InChI is InChI=1S/C13H22N4O/c1-13(2,3)15-12(18)11-6-8-17(16-11)10-5-4-7-14-9-10/h6,8,10,14H,4-5,7,9H2,1-3H3,(H,15,18). The van der Waals surface area contributed by atoms with Crippen molar-refractivity contribution in [3.8, 4) is 0 Å². The molecule has 5 heteroatoms. The number of nitrogens with one attached hydrogen (secondary N) is 2. The molecule has 2 heterocycles. The lowest BCUT2D eigenvalue weighted by atomic mass is 10.1. The fraction of sp³-hybridized carbons (Fsp3) is 0.692. The first-order chi connectivity index (χ1) is 8.46. The van der Waals surface area contributed by atoms with Crippen molar-refractivity contribution in [2.45, 2.75) is 45.2 Å². The number of amides is 1. The van der Waals surface area contributed by atoms with Crippen LogP contribution in [0.25, 0.3) is 0 Å². The van der Waals surface area contributed by atoms with Gasteiger partial charge in [0.25, 0.3) is 5.91 Å². The van der Waals surface area contributed by atoms with Gasteiger partial charge in [-0.25, -0.2) is 0 Å². The summed E-state index contributed by atoms with van der Waals surface area (Å²) in [5.41, 5.74) is 0.267. The Morgan fingerprint density at radius 3 is 2.94 bits per heavy atom. The van der Waals surface area contributed by atoms with Crippen LogP contribution in [0.3, 0.4) is 0 Å². The van der Waals surface area contributed by atoms with Crippen molar-refractivity contribution in [2.75, 3.05) is 13.1 Å². The average Bonchev–Trinajstić information content (AvgIpc) is 2.77. The molecule has 2 N–H and O–H groups in total. The molecule has 1 atom stereocenters. The fourth-order valence-electron chi connectivity index (χ4n) is 2.13. The number of rotatable bonds is 2. The summed E-state index contributed by atoms with van der Waals surface area (Å²) >= 11 is 0. The van der Waals surface area contributed by atoms with Gasteiger partial charge in [0.1, 0.15) is 5.69 Å². The third kappa shape index (κ3) is 3.32. The highest BCUT2D eigenvalue weighted by Gasteiger charge is 2.20. The van der Waals surface area contributed by atoms with Gasteiger partial charge in [-0.1, -0.05) is 0 Å². The van der Waals surface area contributed by atoms with E-state index in [1.165, 1.54) is 0 Å². The summed E-state index contributed by atoms with van der Waals surface area (Å²) in [5.74, 6) is -0.106. The Bertz CT molecular complexity index is 413. The molecular weight excluding hydrogens is 228 g/mol. The van der Waals surface area contributed by atoms with Crippen LogP contribution in [0.4, 0.5) is 0 Å². The zero-order valence-corrected chi connectivity index (χ0v) is 11.4. The minimum absolute atomic E-state index is 0.106. The van der Waals surface area contributed by atoms with Crippen molar-refractivity contribution in [3.63, 3.8) is 0 Å². The Morgan fingerprint density at radius 2 is 2.33 bits per heavy atom. The molecule has 1 aliphatic rings. The summed E-state index contributed by atoms with van der Waals surface area (Å²) in [6.45, 7) is 7.91. The van der Waals surface area contributed by atoms with E-state index in [0.29, 0.717) is 11.7 Å². The van der Waals surface area contributed by atoms with Gasteiger partial charge >= 0.3 is 0 Å². The molecular formula is C13H22N4O. The van der Waals surface area contributed by atoms with Crippen LogP contribution in [0.15, 0.2) is 12.3 Å². The van der Waals surface area contributed by atoms with Gasteiger partial charge in [-0.15, -0.1) is 0 Å². The van der Waals surface area contributed by atoms with Gasteiger partial charge in [-0.3, -0.25) is 9.48 Å². The second-order valence-corrected chi connectivity index (χ2v) is 5.89. The number of piperidine rings is 1. The van der Waals surface area contributed by atoms with E-state index in [-0.39, 0.29) is 11.4 Å². The summed E-state index contributed by atoms with van der Waals surface area (Å²) < 4.78 is 1.91. The zero-order valence-electron chi connectivity index (χ0n) is 11.4. The number of hydrogen-bond acceptors (Lipinski definition) is 3. The maximum Gasteiger partial charge on any atom is 0.272 e. The molecule has 0 spiro atoms. The summed E-state index contributed by atoms with van der Waals surface area (Å²) in [6, 6.07) is 2.16. The van der Waals surface area contributed by atoms with Crippen LogP contribution < -0.4 is 10.6 Å². The Hall–Kier alpha value is -1.36. The fourth-order valence-corrected chi connectivity index (χ4v) is 2.13. The molecule has 0 saturated carbocycles. The van der Waals surface area contributed by atoms with Crippen molar-refractivity contribution in [1.29, 1.82) is 0 Å². The van der Waals surface area contributed by atoms with Gasteiger partial charge in [0.05, 0.1) is 6.04 Å². The Morgan fingerprint density at radius 1 is 1.56 bits per heavy atom. The molecule has 5 nitrogen and oxygen atoms in total. The summed E-state index contributed by atoms with van der Waals surface area (Å²) in [4.78, 5) is 12.0. The highest BCUT2D eigenvalue weighted by Crippen LogP contribution is 2.15. The summed E-state index contributed by atoms with van der Waals surface area (Å²) in [5, 5.41) is 10.7. The van der Waals surface area contributed by atoms with Crippen LogP contribution in [0, 0.1) is 0 Å². The molecule has 1 aromatic rings. The van der Waals surface area contributed by atoms with Crippen LogP contribution in [0.5, 0.6) is 0 Å². The molecule has 0 bridgehead atoms. The van der Waals surface area contributed by atoms with Crippen LogP contribution in [0.2, 0.25) is 0 Å². The van der Waals surface area contributed by atoms with Gasteiger partial charge in [0.2, 0.25) is 0 Å².